The third kappa shape index (κ3) is 4.03. The predicted molar refractivity (Wildman–Crippen MR) is 103 cm³/mol. The predicted octanol–water partition coefficient (Wildman–Crippen LogP) is 4.67. The van der Waals surface area contributed by atoms with Gasteiger partial charge < -0.3 is 14.8 Å². The Hall–Kier alpha value is -2.85. The third-order valence-electron chi connectivity index (χ3n) is 4.55. The molecule has 0 unspecified atom stereocenters. The minimum atomic E-state index is -0.446. The fraction of sp³-hybridized carbons (Fsp3) is 0.227. The van der Waals surface area contributed by atoms with Crippen LogP contribution in [0.3, 0.4) is 0 Å². The van der Waals surface area contributed by atoms with E-state index in [2.05, 4.69) is 35.6 Å². The lowest BCUT2D eigenvalue weighted by Gasteiger charge is -2.27. The average molecular weight is 349 g/mol. The van der Waals surface area contributed by atoms with Gasteiger partial charge in [-0.05, 0) is 21.9 Å². The van der Waals surface area contributed by atoms with Gasteiger partial charge >= 0.3 is 6.09 Å². The number of benzene rings is 3. The number of hydrogen-bond acceptors (Lipinski definition) is 3. The fourth-order valence-electron chi connectivity index (χ4n) is 3.21. The van der Waals surface area contributed by atoms with Crippen molar-refractivity contribution in [2.75, 3.05) is 20.8 Å². The first kappa shape index (κ1) is 18.0. The second-order valence-electron chi connectivity index (χ2n) is 6.13. The molecule has 3 rings (SSSR count). The summed E-state index contributed by atoms with van der Waals surface area (Å²) in [7, 11) is 3.24. The zero-order valence-electron chi connectivity index (χ0n) is 15.0. The average Bonchev–Trinajstić information content (AvgIpc) is 2.71. The maximum Gasteiger partial charge on any atom is 0.406 e. The van der Waals surface area contributed by atoms with Crippen LogP contribution in [0, 0.1) is 0 Å². The van der Waals surface area contributed by atoms with Crippen molar-refractivity contribution in [1.82, 2.24) is 5.32 Å². The van der Waals surface area contributed by atoms with E-state index in [0.717, 1.165) is 16.5 Å². The molecule has 0 aromatic heterocycles. The van der Waals surface area contributed by atoms with Gasteiger partial charge in [0.15, 0.2) is 0 Å². The Kier molecular flexibility index (Phi) is 5.87. The van der Waals surface area contributed by atoms with Crippen LogP contribution in [0.5, 0.6) is 0 Å². The van der Waals surface area contributed by atoms with Gasteiger partial charge in [-0.25, -0.2) is 4.79 Å². The van der Waals surface area contributed by atoms with Crippen molar-refractivity contribution >= 4 is 16.9 Å². The molecule has 0 spiro atoms. The molecule has 0 fully saturated rings. The summed E-state index contributed by atoms with van der Waals surface area (Å²) in [6, 6.07) is 24.5. The summed E-state index contributed by atoms with van der Waals surface area (Å²) in [6.07, 6.45) is -0.666. The van der Waals surface area contributed by atoms with Gasteiger partial charge in [0, 0.05) is 20.1 Å². The molecule has 4 heteroatoms. The standard InChI is InChI=1S/C22H23NO3/c1-23-22(24)26-15-20(21(25-2)17-9-4-3-5-10-17)19-13-12-16-8-6-7-11-18(16)14-19/h3-14,20-21H,15H2,1-2H3,(H,23,24)/t20-,21-/m1/s1. The molecule has 0 bridgehead atoms. The molecule has 1 amide bonds. The molecule has 0 aliphatic carbocycles. The topological polar surface area (TPSA) is 47.6 Å². The van der Waals surface area contributed by atoms with E-state index < -0.39 is 6.09 Å². The first-order chi connectivity index (χ1) is 12.7. The van der Waals surface area contributed by atoms with E-state index >= 15 is 0 Å². The van der Waals surface area contributed by atoms with Crippen LogP contribution in [0.1, 0.15) is 23.1 Å². The number of carbonyl (C=O) groups excluding carboxylic acids is 1. The number of amides is 1. The lowest BCUT2D eigenvalue weighted by atomic mass is 9.88. The van der Waals surface area contributed by atoms with Gasteiger partial charge in [0.25, 0.3) is 0 Å². The van der Waals surface area contributed by atoms with Crippen molar-refractivity contribution in [1.29, 1.82) is 0 Å². The van der Waals surface area contributed by atoms with Gasteiger partial charge in [-0.2, -0.15) is 0 Å². The molecule has 3 aromatic carbocycles. The van der Waals surface area contributed by atoms with Gasteiger partial charge in [-0.15, -0.1) is 0 Å². The maximum atomic E-state index is 11.6. The Bertz CT molecular complexity index is 863. The van der Waals surface area contributed by atoms with Crippen LogP contribution >= 0.6 is 0 Å². The molecule has 134 valence electrons. The molecule has 0 saturated carbocycles. The third-order valence-corrected chi connectivity index (χ3v) is 4.55. The number of rotatable bonds is 6. The molecule has 1 N–H and O–H groups in total. The Balaban J connectivity index is 1.99. The number of carbonyl (C=O) groups is 1. The smallest absolute Gasteiger partial charge is 0.406 e. The molecule has 0 heterocycles. The van der Waals surface area contributed by atoms with Crippen LogP contribution in [0.4, 0.5) is 4.79 Å². The molecular weight excluding hydrogens is 326 g/mol. The summed E-state index contributed by atoms with van der Waals surface area (Å²) in [5.74, 6) is -0.121. The van der Waals surface area contributed by atoms with Crippen LogP contribution in [-0.4, -0.2) is 26.9 Å². The second kappa shape index (κ2) is 8.50. The summed E-state index contributed by atoms with van der Waals surface area (Å²) in [5.41, 5.74) is 2.12. The molecular formula is C22H23NO3. The van der Waals surface area contributed by atoms with Gasteiger partial charge in [-0.3, -0.25) is 0 Å². The van der Waals surface area contributed by atoms with Crippen LogP contribution in [-0.2, 0) is 9.47 Å². The second-order valence-corrected chi connectivity index (χ2v) is 6.13. The van der Waals surface area contributed by atoms with E-state index in [1.54, 1.807) is 14.2 Å². The molecule has 3 aromatic rings. The van der Waals surface area contributed by atoms with Crippen LogP contribution in [0.2, 0.25) is 0 Å². The molecule has 0 radical (unpaired) electrons. The lowest BCUT2D eigenvalue weighted by molar-refractivity contribution is 0.0487. The van der Waals surface area contributed by atoms with Crippen molar-refractivity contribution in [3.05, 3.63) is 83.9 Å². The maximum absolute atomic E-state index is 11.6. The highest BCUT2D eigenvalue weighted by atomic mass is 16.5. The van der Waals surface area contributed by atoms with Gasteiger partial charge in [0.2, 0.25) is 0 Å². The number of alkyl carbamates (subject to hydrolysis) is 1. The summed E-state index contributed by atoms with van der Waals surface area (Å²) >= 11 is 0. The Morgan fingerprint density at radius 1 is 0.923 bits per heavy atom. The van der Waals surface area contributed by atoms with Crippen LogP contribution in [0.25, 0.3) is 10.8 Å². The minimum Gasteiger partial charge on any atom is -0.449 e. The molecule has 0 aliphatic heterocycles. The summed E-state index contributed by atoms with van der Waals surface area (Å²) in [5, 5.41) is 4.82. The van der Waals surface area contributed by atoms with Gasteiger partial charge in [-0.1, -0.05) is 72.8 Å². The largest absolute Gasteiger partial charge is 0.449 e. The Labute approximate surface area is 153 Å². The summed E-state index contributed by atoms with van der Waals surface area (Å²) < 4.78 is 11.2. The number of nitrogens with one attached hydrogen (secondary N) is 1. The zero-order chi connectivity index (χ0) is 18.4. The highest BCUT2D eigenvalue weighted by Crippen LogP contribution is 2.35. The lowest BCUT2D eigenvalue weighted by Crippen LogP contribution is -2.25. The summed E-state index contributed by atoms with van der Waals surface area (Å²) in [4.78, 5) is 11.6. The minimum absolute atomic E-state index is 0.121. The Morgan fingerprint density at radius 2 is 1.62 bits per heavy atom. The Morgan fingerprint density at radius 3 is 2.31 bits per heavy atom. The number of methoxy groups -OCH3 is 1. The van der Waals surface area contributed by atoms with E-state index in [1.807, 2.05) is 42.5 Å². The van der Waals surface area contributed by atoms with Crippen molar-refractivity contribution in [3.8, 4) is 0 Å². The van der Waals surface area contributed by atoms with Gasteiger partial charge in [0.05, 0.1) is 6.10 Å². The number of fused-ring (bicyclic) bond motifs is 1. The van der Waals surface area contributed by atoms with Crippen LogP contribution < -0.4 is 5.32 Å². The quantitative estimate of drug-likeness (QED) is 0.704. The molecule has 26 heavy (non-hydrogen) atoms. The molecule has 0 aliphatic rings. The van der Waals surface area contributed by atoms with E-state index in [-0.39, 0.29) is 18.6 Å². The van der Waals surface area contributed by atoms with E-state index in [0.29, 0.717) is 0 Å². The number of hydrogen-bond donors (Lipinski definition) is 1. The van der Waals surface area contributed by atoms with E-state index in [1.165, 1.54) is 5.39 Å². The van der Waals surface area contributed by atoms with Crippen molar-refractivity contribution < 1.29 is 14.3 Å². The molecule has 2 atom stereocenters. The van der Waals surface area contributed by atoms with Crippen molar-refractivity contribution in [2.24, 2.45) is 0 Å². The fourth-order valence-corrected chi connectivity index (χ4v) is 3.21. The van der Waals surface area contributed by atoms with Crippen LogP contribution in [0.15, 0.2) is 72.8 Å². The highest BCUT2D eigenvalue weighted by Gasteiger charge is 2.26. The number of ether oxygens (including phenoxy) is 2. The van der Waals surface area contributed by atoms with E-state index in [4.69, 9.17) is 9.47 Å². The zero-order valence-corrected chi connectivity index (χ0v) is 15.0. The monoisotopic (exact) mass is 349 g/mol. The molecule has 0 saturated heterocycles. The highest BCUT2D eigenvalue weighted by molar-refractivity contribution is 5.83. The first-order valence-corrected chi connectivity index (χ1v) is 8.64. The van der Waals surface area contributed by atoms with Crippen molar-refractivity contribution in [2.45, 2.75) is 12.0 Å². The molecule has 4 nitrogen and oxygen atoms in total. The first-order valence-electron chi connectivity index (χ1n) is 8.64. The van der Waals surface area contributed by atoms with E-state index in [9.17, 15) is 4.79 Å². The summed E-state index contributed by atoms with van der Waals surface area (Å²) in [6.45, 7) is 0.228. The normalized spacial score (nSPS) is 13.2. The SMILES string of the molecule is CNC(=O)OC[C@H](c1ccc2ccccc2c1)[C@H](OC)c1ccccc1. The van der Waals surface area contributed by atoms with Crippen molar-refractivity contribution in [3.63, 3.8) is 0 Å². The van der Waals surface area contributed by atoms with Gasteiger partial charge in [0.1, 0.15) is 6.61 Å².